The highest BCUT2D eigenvalue weighted by atomic mass is 16.7. The van der Waals surface area contributed by atoms with Crippen LogP contribution in [-0.2, 0) is 6.61 Å². The molecule has 3 aromatic carbocycles. The Morgan fingerprint density at radius 2 is 1.48 bits per heavy atom. The fourth-order valence-corrected chi connectivity index (χ4v) is 3.06. The minimum absolute atomic E-state index is 0.144. The minimum Gasteiger partial charge on any atom is -0.483 e. The van der Waals surface area contributed by atoms with Crippen LogP contribution in [0, 0.1) is 0 Å². The number of aromatic nitrogens is 1. The summed E-state index contributed by atoms with van der Waals surface area (Å²) in [5.74, 6) is 0.548. The first-order valence-electron chi connectivity index (χ1n) is 8.50. The summed E-state index contributed by atoms with van der Waals surface area (Å²) in [5, 5.41) is 10.1. The molecule has 4 rings (SSSR count). The second-order valence-electron chi connectivity index (χ2n) is 5.96. The monoisotopic (exact) mass is 359 g/mol. The predicted molar refractivity (Wildman–Crippen MR) is 103 cm³/mol. The number of para-hydroxylation sites is 2. The number of hydrogen-bond donors (Lipinski definition) is 1. The fraction of sp³-hybridized carbons (Fsp3) is 0.0455. The van der Waals surface area contributed by atoms with Crippen LogP contribution in [-0.4, -0.2) is 15.8 Å². The van der Waals surface area contributed by atoms with Crippen LogP contribution in [0.5, 0.6) is 11.6 Å². The van der Waals surface area contributed by atoms with Crippen molar-refractivity contribution in [1.29, 1.82) is 0 Å². The summed E-state index contributed by atoms with van der Waals surface area (Å²) in [5.41, 5.74) is 2.58. The van der Waals surface area contributed by atoms with E-state index in [9.17, 15) is 9.90 Å². The Kier molecular flexibility index (Phi) is 4.49. The van der Waals surface area contributed by atoms with Crippen molar-refractivity contribution in [3.8, 4) is 17.3 Å². The molecule has 0 aliphatic carbocycles. The van der Waals surface area contributed by atoms with Gasteiger partial charge in [-0.25, -0.2) is 4.79 Å². The molecule has 0 fully saturated rings. The molecule has 0 amide bonds. The maximum Gasteiger partial charge on any atom is 0.512 e. The summed E-state index contributed by atoms with van der Waals surface area (Å²) in [6, 6.07) is 26.7. The lowest BCUT2D eigenvalue weighted by molar-refractivity contribution is 0.139. The molecule has 1 heterocycles. The summed E-state index contributed by atoms with van der Waals surface area (Å²) in [4.78, 5) is 11.4. The molecule has 0 aliphatic heterocycles. The maximum absolute atomic E-state index is 11.4. The summed E-state index contributed by atoms with van der Waals surface area (Å²) >= 11 is 0. The van der Waals surface area contributed by atoms with Gasteiger partial charge in [-0.05, 0) is 29.8 Å². The zero-order valence-corrected chi connectivity index (χ0v) is 14.4. The molecule has 1 aromatic heterocycles. The Labute approximate surface area is 156 Å². The summed E-state index contributed by atoms with van der Waals surface area (Å²) in [7, 11) is 0. The van der Waals surface area contributed by atoms with Gasteiger partial charge in [0.2, 0.25) is 0 Å². The van der Waals surface area contributed by atoms with Crippen LogP contribution < -0.4 is 9.47 Å². The second kappa shape index (κ2) is 7.25. The third-order valence-electron chi connectivity index (χ3n) is 4.21. The summed E-state index contributed by atoms with van der Waals surface area (Å²) in [6.45, 7) is 0.305. The number of benzene rings is 3. The van der Waals surface area contributed by atoms with Gasteiger partial charge in [-0.3, -0.25) is 4.57 Å². The van der Waals surface area contributed by atoms with Crippen LogP contribution in [0.2, 0.25) is 0 Å². The highest BCUT2D eigenvalue weighted by Gasteiger charge is 2.23. The molecule has 0 bridgehead atoms. The van der Waals surface area contributed by atoms with Gasteiger partial charge in [0.25, 0.3) is 5.88 Å². The van der Waals surface area contributed by atoms with Gasteiger partial charge in [0, 0.05) is 11.1 Å². The van der Waals surface area contributed by atoms with Crippen molar-refractivity contribution in [2.24, 2.45) is 0 Å². The van der Waals surface area contributed by atoms with Crippen molar-refractivity contribution < 1.29 is 19.4 Å². The number of hydrogen-bond acceptors (Lipinski definition) is 3. The Morgan fingerprint density at radius 3 is 2.19 bits per heavy atom. The quantitative estimate of drug-likeness (QED) is 0.493. The van der Waals surface area contributed by atoms with Crippen LogP contribution in [0.3, 0.4) is 0 Å². The van der Waals surface area contributed by atoms with Gasteiger partial charge >= 0.3 is 6.16 Å². The number of carbonyl (C=O) groups is 1. The minimum atomic E-state index is -1.39. The summed E-state index contributed by atoms with van der Waals surface area (Å²) in [6.07, 6.45) is -1.39. The van der Waals surface area contributed by atoms with Crippen molar-refractivity contribution in [1.82, 2.24) is 4.57 Å². The molecule has 0 unspecified atom stereocenters. The Balaban J connectivity index is 1.87. The highest BCUT2D eigenvalue weighted by Crippen LogP contribution is 2.42. The number of nitrogens with zero attached hydrogens (tertiary/aromatic N) is 1. The van der Waals surface area contributed by atoms with Gasteiger partial charge in [-0.1, -0.05) is 60.7 Å². The molecule has 134 valence electrons. The second-order valence-corrected chi connectivity index (χ2v) is 5.96. The van der Waals surface area contributed by atoms with Gasteiger partial charge in [0.15, 0.2) is 5.75 Å². The van der Waals surface area contributed by atoms with E-state index in [0.29, 0.717) is 12.4 Å². The molecule has 0 aliphatic rings. The number of ether oxygens (including phenoxy) is 2. The Bertz CT molecular complexity index is 1070. The lowest BCUT2D eigenvalue weighted by Crippen LogP contribution is -2.09. The maximum atomic E-state index is 11.4. The van der Waals surface area contributed by atoms with E-state index in [2.05, 4.69) is 0 Å². The lowest BCUT2D eigenvalue weighted by Gasteiger charge is -2.11. The molecule has 27 heavy (non-hydrogen) atoms. The van der Waals surface area contributed by atoms with Crippen molar-refractivity contribution in [2.45, 2.75) is 6.61 Å². The average Bonchev–Trinajstić information content (AvgIpc) is 3.00. The SMILES string of the molecule is O=C(O)Oc1c(OCc2ccccc2)c2ccccc2n1-c1ccccc1. The molecular formula is C22H17NO4. The van der Waals surface area contributed by atoms with Gasteiger partial charge < -0.3 is 14.6 Å². The summed E-state index contributed by atoms with van der Waals surface area (Å²) < 4.78 is 12.9. The Morgan fingerprint density at radius 1 is 0.852 bits per heavy atom. The largest absolute Gasteiger partial charge is 0.512 e. The van der Waals surface area contributed by atoms with E-state index in [0.717, 1.165) is 22.2 Å². The molecule has 0 radical (unpaired) electrons. The van der Waals surface area contributed by atoms with Crippen LogP contribution >= 0.6 is 0 Å². The normalized spacial score (nSPS) is 10.7. The number of carboxylic acid groups (broad SMARTS) is 1. The molecule has 1 N–H and O–H groups in total. The van der Waals surface area contributed by atoms with Crippen LogP contribution in [0.15, 0.2) is 84.9 Å². The molecular weight excluding hydrogens is 342 g/mol. The smallest absolute Gasteiger partial charge is 0.483 e. The fourth-order valence-electron chi connectivity index (χ4n) is 3.06. The van der Waals surface area contributed by atoms with E-state index in [1.54, 1.807) is 4.57 Å². The third kappa shape index (κ3) is 3.35. The van der Waals surface area contributed by atoms with Gasteiger partial charge in [-0.2, -0.15) is 0 Å². The van der Waals surface area contributed by atoms with E-state index in [1.807, 2.05) is 84.9 Å². The van der Waals surface area contributed by atoms with Gasteiger partial charge in [-0.15, -0.1) is 0 Å². The molecule has 5 nitrogen and oxygen atoms in total. The first kappa shape index (κ1) is 16.7. The number of fused-ring (bicyclic) bond motifs is 1. The van der Waals surface area contributed by atoms with E-state index in [4.69, 9.17) is 9.47 Å². The molecule has 0 spiro atoms. The Hall–Kier alpha value is -3.73. The zero-order valence-electron chi connectivity index (χ0n) is 14.4. The van der Waals surface area contributed by atoms with E-state index in [1.165, 1.54) is 0 Å². The zero-order chi connectivity index (χ0) is 18.6. The van der Waals surface area contributed by atoms with Gasteiger partial charge in [0.05, 0.1) is 5.52 Å². The lowest BCUT2D eigenvalue weighted by atomic mass is 10.2. The predicted octanol–water partition coefficient (Wildman–Crippen LogP) is 5.27. The molecule has 4 aromatic rings. The van der Waals surface area contributed by atoms with Crippen LogP contribution in [0.25, 0.3) is 16.6 Å². The van der Waals surface area contributed by atoms with Crippen LogP contribution in [0.1, 0.15) is 5.56 Å². The third-order valence-corrected chi connectivity index (χ3v) is 4.21. The molecule has 0 saturated heterocycles. The van der Waals surface area contributed by atoms with Gasteiger partial charge in [0.1, 0.15) is 6.61 Å². The van der Waals surface area contributed by atoms with E-state index < -0.39 is 6.16 Å². The van der Waals surface area contributed by atoms with Crippen LogP contribution in [0.4, 0.5) is 4.79 Å². The van der Waals surface area contributed by atoms with Crippen molar-refractivity contribution in [3.05, 3.63) is 90.5 Å². The molecule has 0 atom stereocenters. The standard InChI is InChI=1S/C22H17NO4/c24-22(25)27-21-20(26-15-16-9-3-1-4-10-16)18-13-7-8-14-19(18)23(21)17-11-5-2-6-12-17/h1-14H,15H2,(H,24,25). The van der Waals surface area contributed by atoms with E-state index in [-0.39, 0.29) is 5.88 Å². The molecule has 5 heteroatoms. The topological polar surface area (TPSA) is 60.7 Å². The first-order chi connectivity index (χ1) is 13.2. The molecule has 0 saturated carbocycles. The first-order valence-corrected chi connectivity index (χ1v) is 8.50. The number of rotatable bonds is 5. The van der Waals surface area contributed by atoms with Crippen molar-refractivity contribution >= 4 is 17.1 Å². The highest BCUT2D eigenvalue weighted by molar-refractivity contribution is 5.92. The van der Waals surface area contributed by atoms with E-state index >= 15 is 0 Å². The van der Waals surface area contributed by atoms with Crippen molar-refractivity contribution in [2.75, 3.05) is 0 Å². The average molecular weight is 359 g/mol. The van der Waals surface area contributed by atoms with Crippen molar-refractivity contribution in [3.63, 3.8) is 0 Å².